The number of amides is 1. The van der Waals surface area contributed by atoms with E-state index in [0.29, 0.717) is 0 Å². The molecule has 0 aromatic carbocycles. The van der Waals surface area contributed by atoms with Gasteiger partial charge in [0.2, 0.25) is 5.91 Å². The molecule has 1 aliphatic heterocycles. The van der Waals surface area contributed by atoms with Crippen molar-refractivity contribution in [3.8, 4) is 0 Å². The Balaban J connectivity index is 2.45. The summed E-state index contributed by atoms with van der Waals surface area (Å²) in [5.41, 5.74) is -1.34. The number of alkyl halides is 1. The van der Waals surface area contributed by atoms with E-state index in [4.69, 9.17) is 11.6 Å². The Labute approximate surface area is 93.4 Å². The van der Waals surface area contributed by atoms with Crippen molar-refractivity contribution in [1.29, 1.82) is 0 Å². The summed E-state index contributed by atoms with van der Waals surface area (Å²) >= 11 is 8.76. The van der Waals surface area contributed by atoms with Crippen LogP contribution in [0.3, 0.4) is 0 Å². The fourth-order valence-corrected chi connectivity index (χ4v) is 3.03. The zero-order chi connectivity index (χ0) is 10.5. The molecule has 0 aromatic rings. The average Bonchev–Trinajstić information content (AvgIpc) is 2.37. The highest BCUT2D eigenvalue weighted by atomic mass is 79.9. The van der Waals surface area contributed by atoms with Gasteiger partial charge in [0.1, 0.15) is 10.4 Å². The molecule has 1 saturated heterocycles. The van der Waals surface area contributed by atoms with Crippen molar-refractivity contribution in [3.05, 3.63) is 11.1 Å². The second kappa shape index (κ2) is 3.05. The van der Waals surface area contributed by atoms with Gasteiger partial charge in [-0.25, -0.2) is 0 Å². The van der Waals surface area contributed by atoms with E-state index in [1.807, 2.05) is 0 Å². The number of carbonyl (C=O) groups is 2. The normalized spacial score (nSPS) is 41.8. The molecule has 4 nitrogen and oxygen atoms in total. The minimum absolute atomic E-state index is 0.0258. The number of ketones is 1. The number of allylic oxidation sites excluding steroid dienone is 1. The Bertz CT molecular complexity index is 356. The molecule has 1 fully saturated rings. The molecule has 14 heavy (non-hydrogen) atoms. The van der Waals surface area contributed by atoms with E-state index in [0.717, 1.165) is 0 Å². The van der Waals surface area contributed by atoms with Gasteiger partial charge >= 0.3 is 0 Å². The van der Waals surface area contributed by atoms with E-state index >= 15 is 0 Å². The van der Waals surface area contributed by atoms with Gasteiger partial charge in [-0.2, -0.15) is 0 Å². The number of aliphatic hydroxyl groups is 1. The average molecular weight is 281 g/mol. The van der Waals surface area contributed by atoms with Crippen LogP contribution in [0.1, 0.15) is 6.42 Å². The third kappa shape index (κ3) is 1.31. The summed E-state index contributed by atoms with van der Waals surface area (Å²) < 4.78 is 0. The summed E-state index contributed by atoms with van der Waals surface area (Å²) in [6, 6.07) is -0.620. The third-order valence-corrected chi connectivity index (χ3v) is 3.69. The number of halogens is 2. The molecular weight excluding hydrogens is 273 g/mol. The summed E-state index contributed by atoms with van der Waals surface area (Å²) in [6.45, 7) is 0. The van der Waals surface area contributed by atoms with Crippen LogP contribution in [0.5, 0.6) is 0 Å². The number of rotatable bonds is 0. The highest BCUT2D eigenvalue weighted by Crippen LogP contribution is 2.36. The molecule has 0 aromatic heterocycles. The molecule has 0 bridgehead atoms. The van der Waals surface area contributed by atoms with Crippen molar-refractivity contribution >= 4 is 39.2 Å². The van der Waals surface area contributed by atoms with Crippen molar-refractivity contribution in [3.63, 3.8) is 0 Å². The minimum atomic E-state index is -1.34. The van der Waals surface area contributed by atoms with Gasteiger partial charge in [0.25, 0.3) is 0 Å². The third-order valence-electron chi connectivity index (χ3n) is 2.45. The van der Waals surface area contributed by atoms with Crippen LogP contribution in [0.25, 0.3) is 0 Å². The molecule has 1 amide bonds. The summed E-state index contributed by atoms with van der Waals surface area (Å²) in [6.07, 6.45) is 1.19. The molecule has 0 saturated carbocycles. The number of hydrogen-bond acceptors (Lipinski definition) is 3. The van der Waals surface area contributed by atoms with Gasteiger partial charge < -0.3 is 10.4 Å². The topological polar surface area (TPSA) is 66.4 Å². The van der Waals surface area contributed by atoms with Crippen molar-refractivity contribution in [2.75, 3.05) is 0 Å². The zero-order valence-corrected chi connectivity index (χ0v) is 9.30. The lowest BCUT2D eigenvalue weighted by Crippen LogP contribution is -2.53. The predicted octanol–water partition coefficient (Wildman–Crippen LogP) is 0.0749. The maximum atomic E-state index is 11.4. The van der Waals surface area contributed by atoms with Gasteiger partial charge in [0.05, 0.1) is 17.5 Å². The summed E-state index contributed by atoms with van der Waals surface area (Å²) in [5, 5.41) is 12.5. The second-order valence-corrected chi connectivity index (χ2v) is 4.87. The Morgan fingerprint density at radius 2 is 2.29 bits per heavy atom. The monoisotopic (exact) mass is 279 g/mol. The minimum Gasteiger partial charge on any atom is -0.383 e. The van der Waals surface area contributed by atoms with E-state index in [2.05, 4.69) is 21.2 Å². The Kier molecular flexibility index (Phi) is 2.21. The number of hydrogen-bond donors (Lipinski definition) is 2. The van der Waals surface area contributed by atoms with Gasteiger partial charge in [-0.15, -0.1) is 0 Å². The molecule has 1 heterocycles. The zero-order valence-electron chi connectivity index (χ0n) is 6.96. The standard InChI is InChI=1S/C8H7BrClNO3/c9-5-6(13)3(10)1-8(14)2-4(12)11-7(5)8/h1,5,7,14H,2H2,(H,11,12)/t5-,7+,8-/m1/s1. The van der Waals surface area contributed by atoms with Gasteiger partial charge in [-0.05, 0) is 6.08 Å². The molecule has 2 aliphatic rings. The first-order valence-electron chi connectivity index (χ1n) is 4.02. The first kappa shape index (κ1) is 10.1. The molecule has 76 valence electrons. The van der Waals surface area contributed by atoms with E-state index < -0.39 is 16.5 Å². The van der Waals surface area contributed by atoms with E-state index in [-0.39, 0.29) is 23.1 Å². The highest BCUT2D eigenvalue weighted by molar-refractivity contribution is 9.10. The fourth-order valence-electron chi connectivity index (χ4n) is 1.76. The lowest BCUT2D eigenvalue weighted by atomic mass is 9.86. The lowest BCUT2D eigenvalue weighted by molar-refractivity contribution is -0.120. The van der Waals surface area contributed by atoms with Crippen LogP contribution >= 0.6 is 27.5 Å². The molecule has 2 N–H and O–H groups in total. The Morgan fingerprint density at radius 3 is 2.93 bits per heavy atom. The molecule has 1 aliphatic carbocycles. The van der Waals surface area contributed by atoms with Crippen LogP contribution in [-0.2, 0) is 9.59 Å². The van der Waals surface area contributed by atoms with Gasteiger partial charge in [-0.3, -0.25) is 9.59 Å². The van der Waals surface area contributed by atoms with Crippen molar-refractivity contribution in [1.82, 2.24) is 5.32 Å². The molecule has 6 heteroatoms. The quantitative estimate of drug-likeness (QED) is 0.617. The van der Waals surface area contributed by atoms with Crippen LogP contribution in [0.15, 0.2) is 11.1 Å². The summed E-state index contributed by atoms with van der Waals surface area (Å²) in [7, 11) is 0. The number of nitrogens with one attached hydrogen (secondary N) is 1. The predicted molar refractivity (Wildman–Crippen MR) is 53.2 cm³/mol. The van der Waals surface area contributed by atoms with Crippen LogP contribution in [0, 0.1) is 0 Å². The van der Waals surface area contributed by atoms with Gasteiger partial charge in [0.15, 0.2) is 5.78 Å². The Morgan fingerprint density at radius 1 is 1.64 bits per heavy atom. The smallest absolute Gasteiger partial charge is 0.223 e. The van der Waals surface area contributed by atoms with Crippen LogP contribution in [0.4, 0.5) is 0 Å². The molecule has 3 atom stereocenters. The van der Waals surface area contributed by atoms with Gasteiger partial charge in [-0.1, -0.05) is 27.5 Å². The number of fused-ring (bicyclic) bond motifs is 1. The fraction of sp³-hybridized carbons (Fsp3) is 0.500. The highest BCUT2D eigenvalue weighted by Gasteiger charge is 2.52. The molecule has 0 spiro atoms. The molecule has 0 radical (unpaired) electrons. The SMILES string of the molecule is O=C1C[C@]2(O)C=C(Cl)C(=O)[C@@H](Br)[C@@H]2N1. The van der Waals surface area contributed by atoms with E-state index in [9.17, 15) is 14.7 Å². The molecule has 2 rings (SSSR count). The van der Waals surface area contributed by atoms with E-state index in [1.54, 1.807) is 0 Å². The van der Waals surface area contributed by atoms with Crippen LogP contribution < -0.4 is 5.32 Å². The molecule has 0 unspecified atom stereocenters. The first-order chi connectivity index (χ1) is 6.44. The largest absolute Gasteiger partial charge is 0.383 e. The lowest BCUT2D eigenvalue weighted by Gasteiger charge is -2.32. The number of Topliss-reactive ketones (excluding diaryl/α,β-unsaturated/α-hetero) is 1. The van der Waals surface area contributed by atoms with E-state index in [1.165, 1.54) is 6.08 Å². The second-order valence-electron chi connectivity index (χ2n) is 3.47. The van der Waals surface area contributed by atoms with Gasteiger partial charge in [0, 0.05) is 0 Å². The summed E-state index contributed by atoms with van der Waals surface area (Å²) in [5.74, 6) is -0.596. The van der Waals surface area contributed by atoms with Crippen molar-refractivity contribution in [2.45, 2.75) is 22.9 Å². The number of carbonyl (C=O) groups excluding carboxylic acids is 2. The van der Waals surface area contributed by atoms with Crippen molar-refractivity contribution in [2.24, 2.45) is 0 Å². The van der Waals surface area contributed by atoms with Crippen molar-refractivity contribution < 1.29 is 14.7 Å². The summed E-state index contributed by atoms with van der Waals surface area (Å²) in [4.78, 5) is 21.8. The Hall–Kier alpha value is -0.390. The van der Waals surface area contributed by atoms with Crippen LogP contribution in [0.2, 0.25) is 0 Å². The van der Waals surface area contributed by atoms with Crippen LogP contribution in [-0.4, -0.2) is 33.3 Å². The maximum Gasteiger partial charge on any atom is 0.223 e. The molecular formula is C8H7BrClNO3. The first-order valence-corrected chi connectivity index (χ1v) is 5.32. The maximum absolute atomic E-state index is 11.4.